The minimum absolute atomic E-state index is 0.265. The molecule has 0 bridgehead atoms. The number of nitrogens with zero attached hydrogens (tertiary/aromatic N) is 1. The Balaban J connectivity index is 1.81. The van der Waals surface area contributed by atoms with Gasteiger partial charge in [0, 0.05) is 29.6 Å². The second-order valence-corrected chi connectivity index (χ2v) is 6.85. The third kappa shape index (κ3) is 6.24. The predicted molar refractivity (Wildman–Crippen MR) is 106 cm³/mol. The summed E-state index contributed by atoms with van der Waals surface area (Å²) in [4.78, 5) is 26.6. The topological polar surface area (TPSA) is 46.6 Å². The van der Waals surface area contributed by atoms with Crippen molar-refractivity contribution in [1.29, 1.82) is 0 Å². The van der Waals surface area contributed by atoms with Crippen LogP contribution >= 0.6 is 23.4 Å². The van der Waals surface area contributed by atoms with E-state index < -0.39 is 5.97 Å². The molecule has 0 atom stereocenters. The van der Waals surface area contributed by atoms with E-state index in [1.165, 1.54) is 15.9 Å². The van der Waals surface area contributed by atoms with Gasteiger partial charge in [-0.2, -0.15) is 0 Å². The maximum absolute atomic E-state index is 12.1. The lowest BCUT2D eigenvalue weighted by Gasteiger charge is -2.17. The first-order chi connectivity index (χ1) is 12.5. The summed E-state index contributed by atoms with van der Waals surface area (Å²) in [6.07, 6.45) is 4.83. The van der Waals surface area contributed by atoms with Crippen molar-refractivity contribution in [2.45, 2.75) is 11.4 Å². The Morgan fingerprint density at radius 2 is 1.85 bits per heavy atom. The highest BCUT2D eigenvalue weighted by molar-refractivity contribution is 7.98. The number of likely N-dealkylation sites (N-methyl/N-ethyl adjacent to an activating group) is 1. The van der Waals surface area contributed by atoms with Gasteiger partial charge in [-0.05, 0) is 41.7 Å². The number of benzene rings is 2. The van der Waals surface area contributed by atoms with Gasteiger partial charge in [0.25, 0.3) is 5.91 Å². The fourth-order valence-electron chi connectivity index (χ4n) is 2.15. The monoisotopic (exact) mass is 389 g/mol. The van der Waals surface area contributed by atoms with Crippen LogP contribution in [-0.4, -0.2) is 36.7 Å². The predicted octanol–water partition coefficient (Wildman–Crippen LogP) is 4.28. The van der Waals surface area contributed by atoms with Crippen LogP contribution < -0.4 is 0 Å². The molecule has 0 aliphatic heterocycles. The summed E-state index contributed by atoms with van der Waals surface area (Å²) in [6.45, 7) is 0.158. The highest BCUT2D eigenvalue weighted by atomic mass is 35.5. The number of thioether (sulfide) groups is 1. The van der Waals surface area contributed by atoms with E-state index in [2.05, 4.69) is 0 Å². The van der Waals surface area contributed by atoms with Crippen LogP contribution in [0.2, 0.25) is 5.02 Å². The molecule has 0 aliphatic carbocycles. The van der Waals surface area contributed by atoms with Crippen LogP contribution in [0.4, 0.5) is 0 Å². The Kier molecular flexibility index (Phi) is 7.75. The number of hydrogen-bond acceptors (Lipinski definition) is 4. The summed E-state index contributed by atoms with van der Waals surface area (Å²) in [6, 6.07) is 15.1. The lowest BCUT2D eigenvalue weighted by atomic mass is 10.2. The van der Waals surface area contributed by atoms with Gasteiger partial charge in [-0.1, -0.05) is 41.9 Å². The molecule has 2 aromatic rings. The molecule has 0 saturated carbocycles. The highest BCUT2D eigenvalue weighted by Gasteiger charge is 2.11. The van der Waals surface area contributed by atoms with Crippen molar-refractivity contribution in [2.24, 2.45) is 0 Å². The van der Waals surface area contributed by atoms with Gasteiger partial charge in [0.2, 0.25) is 0 Å². The smallest absolute Gasteiger partial charge is 0.331 e. The van der Waals surface area contributed by atoms with Crippen LogP contribution in [-0.2, 0) is 20.9 Å². The molecule has 0 spiro atoms. The molecule has 0 N–H and O–H groups in total. The zero-order valence-corrected chi connectivity index (χ0v) is 16.2. The normalized spacial score (nSPS) is 10.7. The Morgan fingerprint density at radius 3 is 2.50 bits per heavy atom. The van der Waals surface area contributed by atoms with Crippen molar-refractivity contribution in [3.05, 3.63) is 70.8 Å². The molecule has 0 aromatic heterocycles. The number of amides is 1. The molecule has 0 aliphatic rings. The van der Waals surface area contributed by atoms with Crippen molar-refractivity contribution in [3.8, 4) is 0 Å². The Bertz CT molecular complexity index is 790. The van der Waals surface area contributed by atoms with Crippen molar-refractivity contribution < 1.29 is 14.3 Å². The first-order valence-corrected chi connectivity index (χ1v) is 9.56. The van der Waals surface area contributed by atoms with E-state index >= 15 is 0 Å². The van der Waals surface area contributed by atoms with Crippen molar-refractivity contribution in [1.82, 2.24) is 4.90 Å². The van der Waals surface area contributed by atoms with Crippen LogP contribution in [0, 0.1) is 0 Å². The summed E-state index contributed by atoms with van der Waals surface area (Å²) < 4.78 is 5.00. The van der Waals surface area contributed by atoms with E-state index in [-0.39, 0.29) is 12.5 Å². The molecule has 1 amide bonds. The van der Waals surface area contributed by atoms with Gasteiger partial charge in [-0.25, -0.2) is 4.79 Å². The van der Waals surface area contributed by atoms with Gasteiger partial charge < -0.3 is 9.64 Å². The Labute approximate surface area is 162 Å². The minimum Gasteiger partial charge on any atom is -0.452 e. The molecule has 26 heavy (non-hydrogen) atoms. The van der Waals surface area contributed by atoms with E-state index in [1.54, 1.807) is 43.1 Å². The van der Waals surface area contributed by atoms with Crippen LogP contribution in [0.15, 0.2) is 59.5 Å². The molecule has 0 heterocycles. The third-order valence-electron chi connectivity index (χ3n) is 3.65. The van der Waals surface area contributed by atoms with Crippen LogP contribution in [0.5, 0.6) is 0 Å². The Hall–Kier alpha value is -2.24. The Morgan fingerprint density at radius 1 is 1.15 bits per heavy atom. The average molecular weight is 390 g/mol. The lowest BCUT2D eigenvalue weighted by molar-refractivity contribution is -0.147. The fraction of sp³-hybridized carbons (Fsp3) is 0.200. The molecule has 2 rings (SSSR count). The van der Waals surface area contributed by atoms with E-state index in [4.69, 9.17) is 16.3 Å². The van der Waals surface area contributed by atoms with E-state index in [0.29, 0.717) is 17.1 Å². The van der Waals surface area contributed by atoms with Crippen molar-refractivity contribution in [2.75, 3.05) is 19.9 Å². The molecule has 2 aromatic carbocycles. The van der Waals surface area contributed by atoms with Gasteiger partial charge in [-0.15, -0.1) is 11.8 Å². The second-order valence-electron chi connectivity index (χ2n) is 5.56. The number of halogens is 1. The van der Waals surface area contributed by atoms with E-state index in [0.717, 1.165) is 5.56 Å². The number of carbonyl (C=O) groups is 2. The van der Waals surface area contributed by atoms with Crippen molar-refractivity contribution in [3.63, 3.8) is 0 Å². The SMILES string of the molecule is CSc1ccc(CN(C)C(=O)COC(=O)/C=C/c2ccccc2Cl)cc1. The number of esters is 1. The van der Waals surface area contributed by atoms with Crippen LogP contribution in [0.3, 0.4) is 0 Å². The first kappa shape index (κ1) is 20.1. The van der Waals surface area contributed by atoms with Gasteiger partial charge in [0.05, 0.1) is 0 Å². The zero-order valence-electron chi connectivity index (χ0n) is 14.6. The fourth-order valence-corrected chi connectivity index (χ4v) is 2.76. The van der Waals surface area contributed by atoms with Gasteiger partial charge >= 0.3 is 5.97 Å². The van der Waals surface area contributed by atoms with E-state index in [9.17, 15) is 9.59 Å². The van der Waals surface area contributed by atoms with Crippen LogP contribution in [0.1, 0.15) is 11.1 Å². The second kappa shape index (κ2) is 10.0. The molecular weight excluding hydrogens is 370 g/mol. The van der Waals surface area contributed by atoms with Crippen molar-refractivity contribution >= 4 is 41.3 Å². The molecule has 4 nitrogen and oxygen atoms in total. The molecule has 136 valence electrons. The molecule has 6 heteroatoms. The summed E-state index contributed by atoms with van der Waals surface area (Å²) in [5.74, 6) is -0.852. The highest BCUT2D eigenvalue weighted by Crippen LogP contribution is 2.17. The van der Waals surface area contributed by atoms with Gasteiger partial charge in [-0.3, -0.25) is 4.79 Å². The van der Waals surface area contributed by atoms with Gasteiger partial charge in [0.1, 0.15) is 0 Å². The summed E-state index contributed by atoms with van der Waals surface area (Å²) in [5.41, 5.74) is 1.73. The molecule has 0 fully saturated rings. The molecule has 0 unspecified atom stereocenters. The average Bonchev–Trinajstić information content (AvgIpc) is 2.66. The number of ether oxygens (including phenoxy) is 1. The standard InChI is InChI=1S/C20H20ClNO3S/c1-22(13-15-7-10-17(26-2)11-8-15)19(23)14-25-20(24)12-9-16-5-3-4-6-18(16)21/h3-12H,13-14H2,1-2H3/b12-9+. The zero-order chi connectivity index (χ0) is 18.9. The quantitative estimate of drug-likeness (QED) is 0.403. The lowest BCUT2D eigenvalue weighted by Crippen LogP contribution is -2.30. The van der Waals surface area contributed by atoms with E-state index in [1.807, 2.05) is 36.6 Å². The maximum atomic E-state index is 12.1. The summed E-state index contributed by atoms with van der Waals surface area (Å²) in [7, 11) is 1.68. The molecular formula is C20H20ClNO3S. The largest absolute Gasteiger partial charge is 0.452 e. The third-order valence-corrected chi connectivity index (χ3v) is 4.73. The number of carbonyl (C=O) groups excluding carboxylic acids is 2. The van der Waals surface area contributed by atoms with Gasteiger partial charge in [0.15, 0.2) is 6.61 Å². The minimum atomic E-state index is -0.587. The number of rotatable bonds is 7. The van der Waals surface area contributed by atoms with Crippen LogP contribution in [0.25, 0.3) is 6.08 Å². The maximum Gasteiger partial charge on any atom is 0.331 e. The molecule has 0 radical (unpaired) electrons. The number of hydrogen-bond donors (Lipinski definition) is 0. The summed E-state index contributed by atoms with van der Waals surface area (Å²) >= 11 is 7.67. The first-order valence-electron chi connectivity index (χ1n) is 7.96. The molecule has 0 saturated heterocycles. The summed E-state index contributed by atoms with van der Waals surface area (Å²) in [5, 5.41) is 0.542.